The van der Waals surface area contributed by atoms with Crippen molar-refractivity contribution in [1.29, 1.82) is 0 Å². The van der Waals surface area contributed by atoms with Crippen molar-refractivity contribution in [3.8, 4) is 0 Å². The van der Waals surface area contributed by atoms with Crippen LogP contribution in [0.15, 0.2) is 93.2 Å². The Hall–Kier alpha value is -3.55. The molecular formula is C29H26N2O3S2. The van der Waals surface area contributed by atoms with Crippen molar-refractivity contribution < 1.29 is 9.53 Å². The predicted molar refractivity (Wildman–Crippen MR) is 145 cm³/mol. The van der Waals surface area contributed by atoms with E-state index in [4.69, 9.17) is 4.74 Å². The molecule has 1 atom stereocenters. The third-order valence-electron chi connectivity index (χ3n) is 6.17. The van der Waals surface area contributed by atoms with Crippen LogP contribution >= 0.6 is 22.7 Å². The molecule has 0 saturated heterocycles. The van der Waals surface area contributed by atoms with E-state index < -0.39 is 12.0 Å². The zero-order valence-corrected chi connectivity index (χ0v) is 21.9. The molecule has 1 aliphatic rings. The summed E-state index contributed by atoms with van der Waals surface area (Å²) in [6.07, 6.45) is 1.89. The molecule has 36 heavy (non-hydrogen) atoms. The molecular weight excluding hydrogens is 488 g/mol. The minimum atomic E-state index is -0.574. The molecule has 0 radical (unpaired) electrons. The van der Waals surface area contributed by atoms with E-state index in [0.717, 1.165) is 16.0 Å². The van der Waals surface area contributed by atoms with Gasteiger partial charge in [0.05, 0.1) is 15.8 Å². The van der Waals surface area contributed by atoms with Gasteiger partial charge in [-0.05, 0) is 47.1 Å². The quantitative estimate of drug-likeness (QED) is 0.334. The molecule has 1 unspecified atom stereocenters. The molecule has 2 aromatic carbocycles. The number of aromatic nitrogens is 1. The highest BCUT2D eigenvalue weighted by Crippen LogP contribution is 2.33. The third-order valence-corrected chi connectivity index (χ3v) is 8.08. The van der Waals surface area contributed by atoms with Crippen molar-refractivity contribution in [2.45, 2.75) is 39.3 Å². The maximum absolute atomic E-state index is 13.7. The van der Waals surface area contributed by atoms with E-state index in [0.29, 0.717) is 26.5 Å². The number of thiazole rings is 1. The second-order valence-corrected chi connectivity index (χ2v) is 11.0. The van der Waals surface area contributed by atoms with Crippen molar-refractivity contribution in [3.05, 3.63) is 125 Å². The standard InChI is InChI=1S/C29H26N2O3S2/c1-18(2)22-13-11-20(12-14-22)16-24-27(32)31-26(23-10-7-15-35-23)25(19(3)30-29(31)36-24)28(33)34-17-21-8-5-4-6-9-21/h4-16,18,26H,17H2,1-3H3/b24-16-. The first-order valence-corrected chi connectivity index (χ1v) is 13.5. The summed E-state index contributed by atoms with van der Waals surface area (Å²) in [6, 6.07) is 21.1. The van der Waals surface area contributed by atoms with Gasteiger partial charge >= 0.3 is 5.97 Å². The number of carbonyl (C=O) groups excluding carboxylic acids is 1. The van der Waals surface area contributed by atoms with Gasteiger partial charge in [0.25, 0.3) is 5.56 Å². The number of benzene rings is 2. The summed E-state index contributed by atoms with van der Waals surface area (Å²) in [4.78, 5) is 33.1. The number of hydrogen-bond donors (Lipinski definition) is 0. The minimum absolute atomic E-state index is 0.157. The average molecular weight is 515 g/mol. The topological polar surface area (TPSA) is 60.7 Å². The van der Waals surface area contributed by atoms with Crippen LogP contribution in [-0.2, 0) is 16.1 Å². The van der Waals surface area contributed by atoms with Crippen molar-refractivity contribution >= 4 is 34.7 Å². The van der Waals surface area contributed by atoms with Gasteiger partial charge in [0.15, 0.2) is 4.80 Å². The Morgan fingerprint density at radius 3 is 2.50 bits per heavy atom. The lowest BCUT2D eigenvalue weighted by atomic mass is 10.0. The molecule has 0 N–H and O–H groups in total. The number of allylic oxidation sites excluding steroid dienone is 1. The summed E-state index contributed by atoms with van der Waals surface area (Å²) in [7, 11) is 0. The van der Waals surface area contributed by atoms with E-state index >= 15 is 0 Å². The molecule has 3 heterocycles. The molecule has 5 rings (SSSR count). The number of carbonyl (C=O) groups is 1. The van der Waals surface area contributed by atoms with Crippen LogP contribution in [0.4, 0.5) is 0 Å². The van der Waals surface area contributed by atoms with Crippen molar-refractivity contribution in [1.82, 2.24) is 4.57 Å². The van der Waals surface area contributed by atoms with Crippen molar-refractivity contribution in [3.63, 3.8) is 0 Å². The van der Waals surface area contributed by atoms with Gasteiger partial charge in [-0.1, -0.05) is 85.8 Å². The van der Waals surface area contributed by atoms with Gasteiger partial charge in [0.1, 0.15) is 12.6 Å². The minimum Gasteiger partial charge on any atom is -0.457 e. The third kappa shape index (κ3) is 4.76. The molecule has 5 nitrogen and oxygen atoms in total. The van der Waals surface area contributed by atoms with Gasteiger partial charge < -0.3 is 4.74 Å². The number of fused-ring (bicyclic) bond motifs is 1. The number of thiophene rings is 1. The normalized spacial score (nSPS) is 15.7. The van der Waals surface area contributed by atoms with E-state index in [1.807, 2.05) is 66.1 Å². The van der Waals surface area contributed by atoms with E-state index in [1.165, 1.54) is 28.2 Å². The first-order valence-electron chi connectivity index (χ1n) is 11.8. The summed E-state index contributed by atoms with van der Waals surface area (Å²) in [5, 5.41) is 1.95. The zero-order valence-electron chi connectivity index (χ0n) is 20.3. The highest BCUT2D eigenvalue weighted by molar-refractivity contribution is 7.10. The highest BCUT2D eigenvalue weighted by atomic mass is 32.1. The molecule has 1 aliphatic heterocycles. The molecule has 0 amide bonds. The second-order valence-electron chi connectivity index (χ2n) is 8.98. The fourth-order valence-electron chi connectivity index (χ4n) is 4.23. The van der Waals surface area contributed by atoms with Crippen LogP contribution in [0, 0.1) is 0 Å². The van der Waals surface area contributed by atoms with Gasteiger partial charge in [-0.3, -0.25) is 9.36 Å². The Morgan fingerprint density at radius 1 is 1.08 bits per heavy atom. The number of ether oxygens (including phenoxy) is 1. The van der Waals surface area contributed by atoms with Crippen LogP contribution in [0.3, 0.4) is 0 Å². The van der Waals surface area contributed by atoms with Gasteiger partial charge in [-0.15, -0.1) is 11.3 Å². The van der Waals surface area contributed by atoms with Crippen LogP contribution in [-0.4, -0.2) is 10.5 Å². The Morgan fingerprint density at radius 2 is 1.83 bits per heavy atom. The number of esters is 1. The lowest BCUT2D eigenvalue weighted by Gasteiger charge is -2.23. The fraction of sp³-hybridized carbons (Fsp3) is 0.207. The van der Waals surface area contributed by atoms with Crippen LogP contribution < -0.4 is 14.9 Å². The van der Waals surface area contributed by atoms with Gasteiger partial charge in [0, 0.05) is 4.88 Å². The Labute approximate surface area is 217 Å². The van der Waals surface area contributed by atoms with Gasteiger partial charge in [0.2, 0.25) is 0 Å². The lowest BCUT2D eigenvalue weighted by molar-refractivity contribution is -0.140. The lowest BCUT2D eigenvalue weighted by Crippen LogP contribution is -2.39. The van der Waals surface area contributed by atoms with E-state index in [2.05, 4.69) is 31.0 Å². The monoisotopic (exact) mass is 514 g/mol. The maximum atomic E-state index is 13.7. The number of rotatable bonds is 6. The summed E-state index contributed by atoms with van der Waals surface area (Å²) in [6.45, 7) is 6.27. The number of hydrogen-bond acceptors (Lipinski definition) is 6. The Bertz CT molecular complexity index is 1590. The molecule has 7 heteroatoms. The maximum Gasteiger partial charge on any atom is 0.338 e. The molecule has 2 aromatic heterocycles. The average Bonchev–Trinajstić information content (AvgIpc) is 3.51. The van der Waals surface area contributed by atoms with Crippen LogP contribution in [0.25, 0.3) is 6.08 Å². The van der Waals surface area contributed by atoms with Crippen molar-refractivity contribution in [2.75, 3.05) is 0 Å². The second kappa shape index (κ2) is 10.2. The highest BCUT2D eigenvalue weighted by Gasteiger charge is 2.34. The smallest absolute Gasteiger partial charge is 0.338 e. The van der Waals surface area contributed by atoms with Crippen LogP contribution in [0.1, 0.15) is 54.3 Å². The van der Waals surface area contributed by atoms with Gasteiger partial charge in [-0.2, -0.15) is 0 Å². The molecule has 0 fully saturated rings. The molecule has 182 valence electrons. The Balaban J connectivity index is 1.55. The van der Waals surface area contributed by atoms with Gasteiger partial charge in [-0.25, -0.2) is 9.79 Å². The summed E-state index contributed by atoms with van der Waals surface area (Å²) >= 11 is 2.85. The summed E-state index contributed by atoms with van der Waals surface area (Å²) in [5.74, 6) is -0.0183. The van der Waals surface area contributed by atoms with E-state index in [9.17, 15) is 9.59 Å². The molecule has 0 spiro atoms. The predicted octanol–water partition coefficient (Wildman–Crippen LogP) is 5.16. The fourth-order valence-corrected chi connectivity index (χ4v) is 6.10. The summed E-state index contributed by atoms with van der Waals surface area (Å²) < 4.78 is 7.90. The molecule has 0 saturated carbocycles. The molecule has 0 aliphatic carbocycles. The van der Waals surface area contributed by atoms with E-state index in [-0.39, 0.29) is 12.2 Å². The summed E-state index contributed by atoms with van der Waals surface area (Å²) in [5.41, 5.74) is 3.91. The van der Waals surface area contributed by atoms with Crippen molar-refractivity contribution in [2.24, 2.45) is 4.99 Å². The zero-order chi connectivity index (χ0) is 25.2. The largest absolute Gasteiger partial charge is 0.457 e. The van der Waals surface area contributed by atoms with Crippen LogP contribution in [0.2, 0.25) is 0 Å². The van der Waals surface area contributed by atoms with E-state index in [1.54, 1.807) is 11.5 Å². The van der Waals surface area contributed by atoms with Crippen LogP contribution in [0.5, 0.6) is 0 Å². The number of nitrogens with zero attached hydrogens (tertiary/aromatic N) is 2. The first-order chi connectivity index (χ1) is 17.4. The first kappa shape index (κ1) is 24.2. The molecule has 0 bridgehead atoms. The SMILES string of the molecule is CC1=C(C(=O)OCc2ccccc2)C(c2cccs2)n2c(s/c(=C\c3ccc(C(C)C)cc3)c2=O)=N1. The Kier molecular flexibility index (Phi) is 6.85. The molecule has 4 aromatic rings.